The predicted molar refractivity (Wildman–Crippen MR) is 86.2 cm³/mol. The fourth-order valence-electron chi connectivity index (χ4n) is 3.52. The number of anilines is 1. The standard InChI is InChI=1S/C19H17NO3/c21-17-15-10-4-5-11-16(15)19(12-6-7-13-23-19)18(22)20(17)14-8-2-1-3-9-14/h1-5,8-11H,6-7,12-13H2. The number of amides is 2. The lowest BCUT2D eigenvalue weighted by Gasteiger charge is -2.43. The maximum atomic E-state index is 13.3. The van der Waals surface area contributed by atoms with Gasteiger partial charge in [0, 0.05) is 17.7 Å². The molecule has 0 bridgehead atoms. The summed E-state index contributed by atoms with van der Waals surface area (Å²) in [5.74, 6) is -0.552. The third-order valence-electron chi connectivity index (χ3n) is 4.63. The fraction of sp³-hybridized carbons (Fsp3) is 0.263. The Balaban J connectivity index is 1.92. The molecule has 2 aliphatic heterocycles. The first-order chi connectivity index (χ1) is 11.2. The molecule has 2 aromatic rings. The highest BCUT2D eigenvalue weighted by atomic mass is 16.5. The summed E-state index contributed by atoms with van der Waals surface area (Å²) in [7, 11) is 0. The van der Waals surface area contributed by atoms with Crippen molar-refractivity contribution in [3.8, 4) is 0 Å². The quantitative estimate of drug-likeness (QED) is 0.760. The highest BCUT2D eigenvalue weighted by Crippen LogP contribution is 2.43. The maximum Gasteiger partial charge on any atom is 0.270 e. The van der Waals surface area contributed by atoms with Gasteiger partial charge < -0.3 is 4.74 Å². The van der Waals surface area contributed by atoms with Crippen LogP contribution in [0.25, 0.3) is 0 Å². The second-order valence-corrected chi connectivity index (χ2v) is 5.96. The van der Waals surface area contributed by atoms with Gasteiger partial charge in [-0.15, -0.1) is 0 Å². The molecule has 1 atom stereocenters. The molecule has 4 nitrogen and oxygen atoms in total. The van der Waals surface area contributed by atoms with Gasteiger partial charge in [-0.25, -0.2) is 4.90 Å². The van der Waals surface area contributed by atoms with Crippen LogP contribution in [0.3, 0.4) is 0 Å². The lowest BCUT2D eigenvalue weighted by molar-refractivity contribution is -0.152. The first kappa shape index (κ1) is 14.2. The van der Waals surface area contributed by atoms with Crippen LogP contribution in [0, 0.1) is 0 Å². The molecule has 1 saturated heterocycles. The zero-order valence-corrected chi connectivity index (χ0v) is 12.7. The number of nitrogens with zero attached hydrogens (tertiary/aromatic N) is 1. The number of ether oxygens (including phenoxy) is 1. The second kappa shape index (κ2) is 5.32. The minimum Gasteiger partial charge on any atom is -0.360 e. The number of carbonyl (C=O) groups excluding carboxylic acids is 2. The minimum atomic E-state index is -1.03. The summed E-state index contributed by atoms with van der Waals surface area (Å²) in [6, 6.07) is 16.4. The summed E-state index contributed by atoms with van der Waals surface area (Å²) in [4.78, 5) is 27.4. The van der Waals surface area contributed by atoms with E-state index in [0.29, 0.717) is 29.8 Å². The summed E-state index contributed by atoms with van der Waals surface area (Å²) in [5.41, 5.74) is 0.823. The Labute approximate surface area is 134 Å². The lowest BCUT2D eigenvalue weighted by Crippen LogP contribution is -2.57. The number of benzene rings is 2. The van der Waals surface area contributed by atoms with E-state index < -0.39 is 5.60 Å². The Morgan fingerprint density at radius 1 is 0.913 bits per heavy atom. The third-order valence-corrected chi connectivity index (χ3v) is 4.63. The Kier molecular flexibility index (Phi) is 3.27. The van der Waals surface area contributed by atoms with Crippen LogP contribution in [0.4, 0.5) is 5.69 Å². The first-order valence-electron chi connectivity index (χ1n) is 7.91. The molecule has 1 spiro atoms. The molecular weight excluding hydrogens is 290 g/mol. The van der Waals surface area contributed by atoms with E-state index in [4.69, 9.17) is 4.74 Å². The van der Waals surface area contributed by atoms with E-state index in [1.54, 1.807) is 18.2 Å². The molecule has 4 heteroatoms. The van der Waals surface area contributed by atoms with Crippen molar-refractivity contribution in [2.45, 2.75) is 24.9 Å². The number of hydrogen-bond donors (Lipinski definition) is 0. The van der Waals surface area contributed by atoms with E-state index in [0.717, 1.165) is 12.8 Å². The van der Waals surface area contributed by atoms with E-state index in [9.17, 15) is 9.59 Å². The second-order valence-electron chi connectivity index (χ2n) is 5.96. The zero-order chi connectivity index (χ0) is 15.9. The van der Waals surface area contributed by atoms with E-state index in [1.807, 2.05) is 36.4 Å². The molecule has 4 rings (SSSR count). The number of carbonyl (C=O) groups is 2. The van der Waals surface area contributed by atoms with Gasteiger partial charge in [0.15, 0.2) is 5.60 Å². The molecule has 0 radical (unpaired) electrons. The summed E-state index contributed by atoms with van der Waals surface area (Å²) in [5, 5.41) is 0. The van der Waals surface area contributed by atoms with Gasteiger partial charge in [0.05, 0.1) is 5.69 Å². The minimum absolute atomic E-state index is 0.271. The number of fused-ring (bicyclic) bond motifs is 2. The average molecular weight is 307 g/mol. The van der Waals surface area contributed by atoms with Gasteiger partial charge in [-0.1, -0.05) is 36.4 Å². The molecule has 23 heavy (non-hydrogen) atoms. The van der Waals surface area contributed by atoms with Gasteiger partial charge >= 0.3 is 0 Å². The Morgan fingerprint density at radius 2 is 1.65 bits per heavy atom. The molecule has 2 aromatic carbocycles. The number of para-hydroxylation sites is 1. The van der Waals surface area contributed by atoms with E-state index >= 15 is 0 Å². The van der Waals surface area contributed by atoms with Crippen molar-refractivity contribution in [2.24, 2.45) is 0 Å². The van der Waals surface area contributed by atoms with E-state index in [2.05, 4.69) is 0 Å². The molecule has 2 heterocycles. The van der Waals surface area contributed by atoms with Crippen molar-refractivity contribution in [1.29, 1.82) is 0 Å². The molecule has 0 saturated carbocycles. The number of hydrogen-bond acceptors (Lipinski definition) is 3. The molecule has 0 aromatic heterocycles. The van der Waals surface area contributed by atoms with E-state index in [1.165, 1.54) is 4.90 Å². The van der Waals surface area contributed by atoms with Gasteiger partial charge in [0.2, 0.25) is 0 Å². The molecule has 0 N–H and O–H groups in total. The first-order valence-corrected chi connectivity index (χ1v) is 7.91. The number of imide groups is 1. The molecule has 0 aliphatic carbocycles. The van der Waals surface area contributed by atoms with Gasteiger partial charge in [0.1, 0.15) is 0 Å². The highest BCUT2D eigenvalue weighted by molar-refractivity contribution is 6.27. The third kappa shape index (κ3) is 2.02. The Bertz CT molecular complexity index is 763. The van der Waals surface area contributed by atoms with Crippen molar-refractivity contribution in [1.82, 2.24) is 0 Å². The molecule has 2 amide bonds. The topological polar surface area (TPSA) is 46.6 Å². The Morgan fingerprint density at radius 3 is 2.39 bits per heavy atom. The van der Waals surface area contributed by atoms with Crippen molar-refractivity contribution >= 4 is 17.5 Å². The van der Waals surface area contributed by atoms with Gasteiger partial charge in [-0.2, -0.15) is 0 Å². The molecule has 2 aliphatic rings. The summed E-state index contributed by atoms with van der Waals surface area (Å²) in [6.45, 7) is 0.539. The van der Waals surface area contributed by atoms with Crippen LogP contribution in [-0.4, -0.2) is 18.4 Å². The smallest absolute Gasteiger partial charge is 0.270 e. The van der Waals surface area contributed by atoms with Gasteiger partial charge in [0.25, 0.3) is 11.8 Å². The summed E-state index contributed by atoms with van der Waals surface area (Å²) >= 11 is 0. The summed E-state index contributed by atoms with van der Waals surface area (Å²) in [6.07, 6.45) is 2.47. The number of rotatable bonds is 1. The summed E-state index contributed by atoms with van der Waals surface area (Å²) < 4.78 is 6.00. The SMILES string of the molecule is O=C1c2ccccc2C2(CCCCO2)C(=O)N1c1ccccc1. The van der Waals surface area contributed by atoms with Crippen LogP contribution >= 0.6 is 0 Å². The molecule has 1 unspecified atom stereocenters. The Hall–Kier alpha value is -2.46. The van der Waals surface area contributed by atoms with Crippen molar-refractivity contribution in [2.75, 3.05) is 11.5 Å². The predicted octanol–water partition coefficient (Wildman–Crippen LogP) is 3.27. The fourth-order valence-corrected chi connectivity index (χ4v) is 3.52. The van der Waals surface area contributed by atoms with Crippen LogP contribution in [0.5, 0.6) is 0 Å². The zero-order valence-electron chi connectivity index (χ0n) is 12.7. The van der Waals surface area contributed by atoms with Crippen molar-refractivity contribution in [3.05, 3.63) is 65.7 Å². The maximum absolute atomic E-state index is 13.3. The van der Waals surface area contributed by atoms with Crippen molar-refractivity contribution in [3.63, 3.8) is 0 Å². The largest absolute Gasteiger partial charge is 0.360 e. The van der Waals surface area contributed by atoms with Crippen LogP contribution in [0.1, 0.15) is 35.2 Å². The van der Waals surface area contributed by atoms with Crippen LogP contribution in [-0.2, 0) is 15.1 Å². The molecule has 116 valence electrons. The monoisotopic (exact) mass is 307 g/mol. The van der Waals surface area contributed by atoms with Gasteiger partial charge in [-0.3, -0.25) is 9.59 Å². The van der Waals surface area contributed by atoms with Crippen LogP contribution < -0.4 is 4.90 Å². The van der Waals surface area contributed by atoms with Crippen LogP contribution in [0.2, 0.25) is 0 Å². The highest BCUT2D eigenvalue weighted by Gasteiger charge is 2.52. The molecule has 1 fully saturated rings. The van der Waals surface area contributed by atoms with Gasteiger partial charge in [-0.05, 0) is 37.5 Å². The average Bonchev–Trinajstić information content (AvgIpc) is 2.62. The van der Waals surface area contributed by atoms with E-state index in [-0.39, 0.29) is 11.8 Å². The molecular formula is C19H17NO3. The normalized spacial score (nSPS) is 23.9. The van der Waals surface area contributed by atoms with Crippen molar-refractivity contribution < 1.29 is 14.3 Å². The lowest BCUT2D eigenvalue weighted by atomic mass is 9.79. The van der Waals surface area contributed by atoms with Crippen LogP contribution in [0.15, 0.2) is 54.6 Å².